The Morgan fingerprint density at radius 1 is 0.951 bits per heavy atom. The standard InChI is InChI=1S/C32H27F2NO6/c1-39-28-14-12-22-18-35(26(32(37)38)17-24(22)30(28)40-19-20-8-4-2-5-9-20)31(36)29(21-10-6-3-7-11-21)41-27-15-13-23(33)16-25(27)34/h2-16,26,29H,17-19H2,1H3,(H,37,38). The van der Waals surface area contributed by atoms with E-state index < -0.39 is 35.7 Å². The van der Waals surface area contributed by atoms with E-state index in [1.165, 1.54) is 12.0 Å². The summed E-state index contributed by atoms with van der Waals surface area (Å²) in [6.07, 6.45) is -1.43. The maximum Gasteiger partial charge on any atom is 0.326 e. The number of nitrogens with zero attached hydrogens (tertiary/aromatic N) is 1. The molecule has 4 aromatic rings. The van der Waals surface area contributed by atoms with Crippen LogP contribution < -0.4 is 14.2 Å². The quantitative estimate of drug-likeness (QED) is 0.283. The van der Waals surface area contributed by atoms with E-state index in [4.69, 9.17) is 14.2 Å². The van der Waals surface area contributed by atoms with E-state index in [-0.39, 0.29) is 25.3 Å². The van der Waals surface area contributed by atoms with Gasteiger partial charge in [-0.3, -0.25) is 4.79 Å². The average molecular weight is 560 g/mol. The van der Waals surface area contributed by atoms with Crippen molar-refractivity contribution in [3.63, 3.8) is 0 Å². The lowest BCUT2D eigenvalue weighted by Crippen LogP contribution is -2.51. The van der Waals surface area contributed by atoms with Crippen LogP contribution in [-0.4, -0.2) is 35.0 Å². The molecule has 1 aliphatic rings. The van der Waals surface area contributed by atoms with Crippen LogP contribution in [0.4, 0.5) is 8.78 Å². The second kappa shape index (κ2) is 12.1. The fourth-order valence-electron chi connectivity index (χ4n) is 4.85. The number of ether oxygens (including phenoxy) is 3. The van der Waals surface area contributed by atoms with Crippen molar-refractivity contribution >= 4 is 11.9 Å². The summed E-state index contributed by atoms with van der Waals surface area (Å²) >= 11 is 0. The van der Waals surface area contributed by atoms with Crippen molar-refractivity contribution in [2.45, 2.75) is 31.7 Å². The molecule has 5 rings (SSSR count). The lowest BCUT2D eigenvalue weighted by molar-refractivity contribution is -0.155. The molecular formula is C32H27F2NO6. The van der Waals surface area contributed by atoms with Gasteiger partial charge in [-0.15, -0.1) is 0 Å². The number of benzene rings is 4. The Hall–Kier alpha value is -4.92. The minimum absolute atomic E-state index is 0.0514. The number of methoxy groups -OCH3 is 1. The third kappa shape index (κ3) is 5.99. The van der Waals surface area contributed by atoms with Gasteiger partial charge < -0.3 is 24.2 Å². The molecule has 0 radical (unpaired) electrons. The normalized spacial score (nSPS) is 15.0. The molecule has 0 fully saturated rings. The minimum Gasteiger partial charge on any atom is -0.493 e. The summed E-state index contributed by atoms with van der Waals surface area (Å²) in [4.78, 5) is 27.7. The van der Waals surface area contributed by atoms with Gasteiger partial charge in [-0.05, 0) is 29.3 Å². The molecule has 0 aliphatic carbocycles. The van der Waals surface area contributed by atoms with E-state index in [2.05, 4.69) is 0 Å². The van der Waals surface area contributed by atoms with Crippen molar-refractivity contribution < 1.29 is 37.7 Å². The van der Waals surface area contributed by atoms with Crippen LogP contribution in [0.2, 0.25) is 0 Å². The Balaban J connectivity index is 1.50. The van der Waals surface area contributed by atoms with E-state index >= 15 is 0 Å². The molecule has 2 unspecified atom stereocenters. The van der Waals surface area contributed by atoms with Crippen molar-refractivity contribution in [1.29, 1.82) is 0 Å². The maximum absolute atomic E-state index is 14.5. The molecule has 0 bridgehead atoms. The van der Waals surface area contributed by atoms with Crippen LogP contribution >= 0.6 is 0 Å². The molecule has 1 heterocycles. The van der Waals surface area contributed by atoms with Gasteiger partial charge in [-0.1, -0.05) is 66.7 Å². The van der Waals surface area contributed by atoms with Crippen molar-refractivity contribution in [2.75, 3.05) is 7.11 Å². The second-order valence-electron chi connectivity index (χ2n) is 9.52. The first-order chi connectivity index (χ1) is 19.9. The number of carboxylic acids is 1. The first kappa shape index (κ1) is 27.6. The Labute approximate surface area is 235 Å². The van der Waals surface area contributed by atoms with Gasteiger partial charge in [0.05, 0.1) is 7.11 Å². The number of rotatable bonds is 9. The average Bonchev–Trinajstić information content (AvgIpc) is 2.99. The van der Waals surface area contributed by atoms with Gasteiger partial charge in [0.1, 0.15) is 18.5 Å². The third-order valence-corrected chi connectivity index (χ3v) is 6.92. The highest BCUT2D eigenvalue weighted by Crippen LogP contribution is 2.40. The predicted molar refractivity (Wildman–Crippen MR) is 146 cm³/mol. The highest BCUT2D eigenvalue weighted by atomic mass is 19.1. The topological polar surface area (TPSA) is 85.3 Å². The van der Waals surface area contributed by atoms with Crippen molar-refractivity contribution in [3.05, 3.63) is 125 Å². The first-order valence-electron chi connectivity index (χ1n) is 12.9. The SMILES string of the molecule is COc1ccc2c(c1OCc1ccccc1)CC(C(=O)O)N(C(=O)C(Oc1ccc(F)cc1F)c1ccccc1)C2. The van der Waals surface area contributed by atoms with E-state index in [0.717, 1.165) is 17.7 Å². The lowest BCUT2D eigenvalue weighted by Gasteiger charge is -2.37. The number of halogens is 2. The number of fused-ring (bicyclic) bond motifs is 1. The molecule has 0 aromatic heterocycles. The minimum atomic E-state index is -1.38. The summed E-state index contributed by atoms with van der Waals surface area (Å²) in [5, 5.41) is 10.2. The van der Waals surface area contributed by atoms with Gasteiger partial charge in [0, 0.05) is 30.2 Å². The predicted octanol–water partition coefficient (Wildman–Crippen LogP) is 5.71. The number of carbonyl (C=O) groups is 2. The number of aliphatic carboxylic acids is 1. The smallest absolute Gasteiger partial charge is 0.326 e. The summed E-state index contributed by atoms with van der Waals surface area (Å²) in [5.41, 5.74) is 2.61. The van der Waals surface area contributed by atoms with Crippen LogP contribution in [0.1, 0.15) is 28.4 Å². The Morgan fingerprint density at radius 2 is 1.63 bits per heavy atom. The lowest BCUT2D eigenvalue weighted by atomic mass is 9.91. The summed E-state index contributed by atoms with van der Waals surface area (Å²) in [5.74, 6) is -3.15. The fraction of sp³-hybridized carbons (Fsp3) is 0.188. The van der Waals surface area contributed by atoms with Crippen LogP contribution in [-0.2, 0) is 29.2 Å². The zero-order valence-corrected chi connectivity index (χ0v) is 22.1. The molecule has 7 nitrogen and oxygen atoms in total. The van der Waals surface area contributed by atoms with Crippen LogP contribution in [0.3, 0.4) is 0 Å². The monoisotopic (exact) mass is 559 g/mol. The largest absolute Gasteiger partial charge is 0.493 e. The van der Waals surface area contributed by atoms with E-state index in [1.807, 2.05) is 30.3 Å². The molecule has 210 valence electrons. The molecule has 1 N–H and O–H groups in total. The zero-order valence-electron chi connectivity index (χ0n) is 22.1. The van der Waals surface area contributed by atoms with Crippen LogP contribution in [0.5, 0.6) is 17.2 Å². The molecule has 2 atom stereocenters. The van der Waals surface area contributed by atoms with Gasteiger partial charge in [-0.2, -0.15) is 0 Å². The van der Waals surface area contributed by atoms with Gasteiger partial charge >= 0.3 is 5.97 Å². The number of hydrogen-bond donors (Lipinski definition) is 1. The molecule has 9 heteroatoms. The summed E-state index contributed by atoms with van der Waals surface area (Å²) in [7, 11) is 1.50. The number of hydrogen-bond acceptors (Lipinski definition) is 5. The molecule has 4 aromatic carbocycles. The highest BCUT2D eigenvalue weighted by Gasteiger charge is 2.40. The number of carboxylic acid groups (broad SMARTS) is 1. The fourth-order valence-corrected chi connectivity index (χ4v) is 4.85. The number of carbonyl (C=O) groups excluding carboxylic acids is 1. The van der Waals surface area contributed by atoms with Crippen molar-refractivity contribution in [1.82, 2.24) is 4.90 Å². The van der Waals surface area contributed by atoms with Crippen molar-refractivity contribution in [2.24, 2.45) is 0 Å². The summed E-state index contributed by atoms with van der Waals surface area (Å²) in [6.45, 7) is 0.177. The molecule has 41 heavy (non-hydrogen) atoms. The van der Waals surface area contributed by atoms with Gasteiger partial charge in [0.2, 0.25) is 6.10 Å². The Morgan fingerprint density at radius 3 is 2.29 bits per heavy atom. The first-order valence-corrected chi connectivity index (χ1v) is 12.9. The Kier molecular flexibility index (Phi) is 8.14. The van der Waals surface area contributed by atoms with Crippen LogP contribution in [0.25, 0.3) is 0 Å². The van der Waals surface area contributed by atoms with Gasteiger partial charge in [0.25, 0.3) is 5.91 Å². The van der Waals surface area contributed by atoms with Crippen LogP contribution in [0.15, 0.2) is 91.0 Å². The van der Waals surface area contributed by atoms with E-state index in [9.17, 15) is 23.5 Å². The molecule has 0 spiro atoms. The second-order valence-corrected chi connectivity index (χ2v) is 9.52. The third-order valence-electron chi connectivity index (χ3n) is 6.92. The van der Waals surface area contributed by atoms with E-state index in [0.29, 0.717) is 34.3 Å². The number of amides is 1. The van der Waals surface area contributed by atoms with Crippen molar-refractivity contribution in [3.8, 4) is 17.2 Å². The molecule has 0 saturated carbocycles. The highest BCUT2D eigenvalue weighted by molar-refractivity contribution is 5.88. The molecule has 1 aliphatic heterocycles. The molecular weight excluding hydrogens is 532 g/mol. The van der Waals surface area contributed by atoms with E-state index in [1.54, 1.807) is 42.5 Å². The molecule has 0 saturated heterocycles. The van der Waals surface area contributed by atoms with Gasteiger partial charge in [0.15, 0.2) is 23.1 Å². The van der Waals surface area contributed by atoms with Gasteiger partial charge in [-0.25, -0.2) is 13.6 Å². The molecule has 1 amide bonds. The summed E-state index contributed by atoms with van der Waals surface area (Å²) in [6, 6.07) is 22.8. The summed E-state index contributed by atoms with van der Waals surface area (Å²) < 4.78 is 45.5. The Bertz CT molecular complexity index is 1550. The van der Waals surface area contributed by atoms with Crippen LogP contribution in [0, 0.1) is 11.6 Å². The zero-order chi connectivity index (χ0) is 28.9. The maximum atomic E-state index is 14.5.